The van der Waals surface area contributed by atoms with Crippen LogP contribution in [-0.4, -0.2) is 18.4 Å². The molecule has 0 radical (unpaired) electrons. The van der Waals surface area contributed by atoms with Gasteiger partial charge in [-0.3, -0.25) is 9.59 Å². The Morgan fingerprint density at radius 2 is 2.21 bits per heavy atom. The van der Waals surface area contributed by atoms with Gasteiger partial charge in [0.25, 0.3) is 0 Å². The fourth-order valence-electron chi connectivity index (χ4n) is 1.01. The molecule has 0 spiro atoms. The first kappa shape index (κ1) is 10.5. The molecule has 76 valence electrons. The number of ketones is 1. The number of ether oxygens (including phenoxy) is 1. The van der Waals surface area contributed by atoms with E-state index >= 15 is 0 Å². The molecule has 14 heavy (non-hydrogen) atoms. The van der Waals surface area contributed by atoms with Crippen molar-refractivity contribution in [2.45, 2.75) is 19.8 Å². The maximum atomic E-state index is 11.3. The second-order valence-corrected chi connectivity index (χ2v) is 2.71. The molecular weight excluding hydrogens is 184 g/mol. The average molecular weight is 196 g/mol. The van der Waals surface area contributed by atoms with Crippen molar-refractivity contribution >= 4 is 11.8 Å². The second-order valence-electron chi connectivity index (χ2n) is 2.71. The van der Waals surface area contributed by atoms with Gasteiger partial charge in [-0.1, -0.05) is 0 Å². The lowest BCUT2D eigenvalue weighted by Crippen LogP contribution is -2.07. The normalized spacial score (nSPS) is 9.79. The molecule has 4 nitrogen and oxygen atoms in total. The van der Waals surface area contributed by atoms with E-state index in [-0.39, 0.29) is 30.4 Å². The molecule has 0 saturated heterocycles. The second kappa shape index (κ2) is 5.21. The molecule has 1 aromatic rings. The third-order valence-corrected chi connectivity index (χ3v) is 1.66. The fraction of sp³-hybridized carbons (Fsp3) is 0.400. The fourth-order valence-corrected chi connectivity index (χ4v) is 1.01. The van der Waals surface area contributed by atoms with E-state index in [1.807, 2.05) is 0 Å². The lowest BCUT2D eigenvalue weighted by Gasteiger charge is -1.99. The Hall–Kier alpha value is -1.58. The minimum atomic E-state index is -0.354. The van der Waals surface area contributed by atoms with E-state index in [4.69, 9.17) is 4.42 Å². The molecule has 0 aliphatic rings. The van der Waals surface area contributed by atoms with Gasteiger partial charge in [0.2, 0.25) is 0 Å². The quantitative estimate of drug-likeness (QED) is 0.532. The van der Waals surface area contributed by atoms with Crippen molar-refractivity contribution in [1.29, 1.82) is 0 Å². The highest BCUT2D eigenvalue weighted by atomic mass is 16.5. The largest absolute Gasteiger partial charge is 0.466 e. The molecule has 0 unspecified atom stereocenters. The molecule has 0 saturated carbocycles. The highest BCUT2D eigenvalue weighted by molar-refractivity contribution is 5.95. The molecule has 1 rings (SSSR count). The third kappa shape index (κ3) is 3.05. The van der Waals surface area contributed by atoms with E-state index in [2.05, 4.69) is 4.74 Å². The monoisotopic (exact) mass is 196 g/mol. The van der Waals surface area contributed by atoms with Crippen molar-refractivity contribution < 1.29 is 18.7 Å². The molecule has 0 amide bonds. The van der Waals surface area contributed by atoms with Crippen LogP contribution in [0, 0.1) is 0 Å². The summed E-state index contributed by atoms with van der Waals surface area (Å²) in [6, 6.07) is 3.21. The zero-order valence-corrected chi connectivity index (χ0v) is 7.99. The van der Waals surface area contributed by atoms with Crippen molar-refractivity contribution in [3.05, 3.63) is 24.2 Å². The lowest BCUT2D eigenvalue weighted by atomic mass is 10.2. The summed E-state index contributed by atoms with van der Waals surface area (Å²) in [6.45, 7) is 2.07. The number of esters is 1. The van der Waals surface area contributed by atoms with Gasteiger partial charge < -0.3 is 9.15 Å². The van der Waals surface area contributed by atoms with E-state index in [0.717, 1.165) is 0 Å². The number of carbonyl (C=O) groups excluding carboxylic acids is 2. The molecule has 0 atom stereocenters. The molecule has 0 fully saturated rings. The molecular formula is C10H12O4. The average Bonchev–Trinajstić information content (AvgIpc) is 2.67. The summed E-state index contributed by atoms with van der Waals surface area (Å²) >= 11 is 0. The van der Waals surface area contributed by atoms with E-state index in [1.54, 1.807) is 19.1 Å². The zero-order chi connectivity index (χ0) is 10.4. The summed E-state index contributed by atoms with van der Waals surface area (Å²) in [5, 5.41) is 0. The minimum Gasteiger partial charge on any atom is -0.466 e. The predicted octanol–water partition coefficient (Wildman–Crippen LogP) is 1.81. The van der Waals surface area contributed by atoms with Crippen LogP contribution in [0.1, 0.15) is 30.3 Å². The number of hydrogen-bond acceptors (Lipinski definition) is 4. The number of furan rings is 1. The Bertz CT molecular complexity index is 300. The van der Waals surface area contributed by atoms with Crippen LogP contribution in [-0.2, 0) is 9.53 Å². The Kier molecular flexibility index (Phi) is 3.91. The Morgan fingerprint density at radius 3 is 2.79 bits per heavy atom. The molecule has 4 heteroatoms. The molecule has 1 heterocycles. The number of hydrogen-bond donors (Lipinski definition) is 0. The van der Waals surface area contributed by atoms with Crippen LogP contribution in [0.5, 0.6) is 0 Å². The molecule has 0 aliphatic carbocycles. The summed E-state index contributed by atoms with van der Waals surface area (Å²) in [5.74, 6) is -0.246. The molecule has 0 aromatic carbocycles. The summed E-state index contributed by atoms with van der Waals surface area (Å²) in [6.07, 6.45) is 1.66. The third-order valence-electron chi connectivity index (χ3n) is 1.66. The SMILES string of the molecule is CCOC(=O)CCC(=O)c1ccco1. The van der Waals surface area contributed by atoms with Gasteiger partial charge in [-0.25, -0.2) is 0 Å². The first-order chi connectivity index (χ1) is 6.74. The summed E-state index contributed by atoms with van der Waals surface area (Å²) < 4.78 is 9.57. The molecule has 0 N–H and O–H groups in total. The van der Waals surface area contributed by atoms with E-state index < -0.39 is 0 Å². The first-order valence-electron chi connectivity index (χ1n) is 4.46. The van der Waals surface area contributed by atoms with Crippen molar-refractivity contribution in [2.24, 2.45) is 0 Å². The van der Waals surface area contributed by atoms with E-state index in [1.165, 1.54) is 6.26 Å². The van der Waals surface area contributed by atoms with Crippen LogP contribution in [0.3, 0.4) is 0 Å². The number of Topliss-reactive ketones (excluding diaryl/α,β-unsaturated/α-hetero) is 1. The molecule has 0 aliphatic heterocycles. The van der Waals surface area contributed by atoms with Crippen molar-refractivity contribution in [3.8, 4) is 0 Å². The van der Waals surface area contributed by atoms with Crippen LogP contribution >= 0.6 is 0 Å². The van der Waals surface area contributed by atoms with Crippen LogP contribution in [0.25, 0.3) is 0 Å². The Balaban J connectivity index is 2.32. The van der Waals surface area contributed by atoms with Crippen LogP contribution in [0.4, 0.5) is 0 Å². The van der Waals surface area contributed by atoms with Gasteiger partial charge in [-0.15, -0.1) is 0 Å². The maximum Gasteiger partial charge on any atom is 0.306 e. The van der Waals surface area contributed by atoms with Gasteiger partial charge in [-0.2, -0.15) is 0 Å². The van der Waals surface area contributed by atoms with Gasteiger partial charge in [0.15, 0.2) is 11.5 Å². The molecule has 1 aromatic heterocycles. The summed E-state index contributed by atoms with van der Waals surface area (Å²) in [7, 11) is 0. The highest BCUT2D eigenvalue weighted by Crippen LogP contribution is 2.06. The topological polar surface area (TPSA) is 56.5 Å². The van der Waals surface area contributed by atoms with E-state index in [0.29, 0.717) is 6.61 Å². The van der Waals surface area contributed by atoms with Crippen molar-refractivity contribution in [1.82, 2.24) is 0 Å². The minimum absolute atomic E-state index is 0.105. The van der Waals surface area contributed by atoms with Crippen molar-refractivity contribution in [2.75, 3.05) is 6.61 Å². The van der Waals surface area contributed by atoms with Gasteiger partial charge in [-0.05, 0) is 19.1 Å². The van der Waals surface area contributed by atoms with Gasteiger partial charge in [0.05, 0.1) is 19.3 Å². The van der Waals surface area contributed by atoms with Gasteiger partial charge >= 0.3 is 5.97 Å². The van der Waals surface area contributed by atoms with Crippen LogP contribution in [0.15, 0.2) is 22.8 Å². The number of rotatable bonds is 5. The number of carbonyl (C=O) groups is 2. The Labute approximate surface area is 81.9 Å². The maximum absolute atomic E-state index is 11.3. The van der Waals surface area contributed by atoms with Gasteiger partial charge in [0, 0.05) is 6.42 Å². The van der Waals surface area contributed by atoms with E-state index in [9.17, 15) is 9.59 Å². The standard InChI is InChI=1S/C10H12O4/c1-2-13-10(12)6-5-8(11)9-4-3-7-14-9/h3-4,7H,2,5-6H2,1H3. The highest BCUT2D eigenvalue weighted by Gasteiger charge is 2.11. The van der Waals surface area contributed by atoms with Crippen LogP contribution in [0.2, 0.25) is 0 Å². The smallest absolute Gasteiger partial charge is 0.306 e. The lowest BCUT2D eigenvalue weighted by molar-refractivity contribution is -0.143. The first-order valence-corrected chi connectivity index (χ1v) is 4.46. The van der Waals surface area contributed by atoms with Gasteiger partial charge in [0.1, 0.15) is 0 Å². The summed E-state index contributed by atoms with van der Waals surface area (Å²) in [5.41, 5.74) is 0. The Morgan fingerprint density at radius 1 is 1.43 bits per heavy atom. The zero-order valence-electron chi connectivity index (χ0n) is 7.99. The van der Waals surface area contributed by atoms with Crippen molar-refractivity contribution in [3.63, 3.8) is 0 Å². The van der Waals surface area contributed by atoms with Crippen LogP contribution < -0.4 is 0 Å². The predicted molar refractivity (Wildman–Crippen MR) is 48.9 cm³/mol. The summed E-state index contributed by atoms with van der Waals surface area (Å²) in [4.78, 5) is 22.2. The molecule has 0 bridgehead atoms.